The van der Waals surface area contributed by atoms with Crippen molar-refractivity contribution in [2.75, 3.05) is 13.1 Å². The van der Waals surface area contributed by atoms with Crippen LogP contribution in [-0.2, 0) is 0 Å². The molecule has 1 aromatic rings. The number of hydrogen-bond acceptors (Lipinski definition) is 3. The van der Waals surface area contributed by atoms with Gasteiger partial charge < -0.3 is 10.4 Å². The Balaban J connectivity index is 1.51. The average molecular weight is 313 g/mol. The Morgan fingerprint density at radius 1 is 1.48 bits per heavy atom. The van der Waals surface area contributed by atoms with E-state index in [9.17, 15) is 9.50 Å². The summed E-state index contributed by atoms with van der Waals surface area (Å²) >= 11 is 5.66. The zero-order chi connectivity index (χ0) is 15.0. The molecule has 2 N–H and O–H groups in total. The van der Waals surface area contributed by atoms with Crippen LogP contribution >= 0.6 is 11.6 Å². The molecule has 1 saturated carbocycles. The fourth-order valence-corrected chi connectivity index (χ4v) is 3.35. The molecule has 21 heavy (non-hydrogen) atoms. The average Bonchev–Trinajstić information content (AvgIpc) is 3.23. The number of rotatable bonds is 5. The molecular weight excluding hydrogens is 291 g/mol. The van der Waals surface area contributed by atoms with Crippen LogP contribution < -0.4 is 5.32 Å². The van der Waals surface area contributed by atoms with E-state index in [0.717, 1.165) is 19.0 Å². The second-order valence-corrected chi connectivity index (χ2v) is 6.71. The van der Waals surface area contributed by atoms with Gasteiger partial charge in [-0.25, -0.2) is 4.39 Å². The molecule has 116 valence electrons. The van der Waals surface area contributed by atoms with Crippen molar-refractivity contribution in [3.63, 3.8) is 0 Å². The minimum Gasteiger partial charge on any atom is -0.387 e. The van der Waals surface area contributed by atoms with Crippen molar-refractivity contribution in [1.29, 1.82) is 0 Å². The molecule has 0 radical (unpaired) electrons. The Kier molecular flexibility index (Phi) is 4.50. The van der Waals surface area contributed by atoms with Crippen LogP contribution in [0.4, 0.5) is 4.39 Å². The lowest BCUT2D eigenvalue weighted by molar-refractivity contribution is 0.169. The molecule has 2 fully saturated rings. The summed E-state index contributed by atoms with van der Waals surface area (Å²) in [5.74, 6) is -0.484. The number of hydrogen-bond donors (Lipinski definition) is 2. The van der Waals surface area contributed by atoms with Gasteiger partial charge in [0, 0.05) is 31.2 Å². The number of nitrogens with one attached hydrogen (secondary N) is 1. The molecule has 1 heterocycles. The van der Waals surface area contributed by atoms with Gasteiger partial charge in [0.25, 0.3) is 0 Å². The smallest absolute Gasteiger partial charge is 0.142 e. The van der Waals surface area contributed by atoms with E-state index in [2.05, 4.69) is 17.1 Å². The summed E-state index contributed by atoms with van der Waals surface area (Å²) in [6, 6.07) is 6.27. The second kappa shape index (κ2) is 6.21. The first-order valence-corrected chi connectivity index (χ1v) is 8.04. The standard InChI is InChI=1S/C16H22ClFN2O/c1-10-6-12(9-20(10)13-3-4-13)19-8-16(21)11-2-5-14(17)15(18)7-11/h2,5,7,10,12-13,16,19,21H,3-4,6,8-9H2,1H3. The van der Waals surface area contributed by atoms with Crippen LogP contribution in [0.3, 0.4) is 0 Å². The highest BCUT2D eigenvalue weighted by Crippen LogP contribution is 2.33. The number of halogens is 2. The molecule has 1 aromatic carbocycles. The van der Waals surface area contributed by atoms with Crippen molar-refractivity contribution in [2.45, 2.75) is 50.4 Å². The van der Waals surface area contributed by atoms with Gasteiger partial charge >= 0.3 is 0 Å². The Labute approximate surface area is 130 Å². The summed E-state index contributed by atoms with van der Waals surface area (Å²) in [4.78, 5) is 2.56. The van der Waals surface area contributed by atoms with Gasteiger partial charge in [-0.3, -0.25) is 4.90 Å². The highest BCUT2D eigenvalue weighted by Gasteiger charge is 2.38. The van der Waals surface area contributed by atoms with Gasteiger partial charge in [-0.15, -0.1) is 0 Å². The number of likely N-dealkylation sites (tertiary alicyclic amines) is 1. The van der Waals surface area contributed by atoms with E-state index in [1.807, 2.05) is 0 Å². The third kappa shape index (κ3) is 3.57. The SMILES string of the molecule is CC1CC(NCC(O)c2ccc(Cl)c(F)c2)CN1C1CC1. The largest absolute Gasteiger partial charge is 0.387 e. The summed E-state index contributed by atoms with van der Waals surface area (Å²) in [6.45, 7) is 3.76. The lowest BCUT2D eigenvalue weighted by Crippen LogP contribution is -2.36. The van der Waals surface area contributed by atoms with Crippen molar-refractivity contribution in [3.8, 4) is 0 Å². The second-order valence-electron chi connectivity index (χ2n) is 6.31. The summed E-state index contributed by atoms with van der Waals surface area (Å²) in [7, 11) is 0. The van der Waals surface area contributed by atoms with Crippen LogP contribution in [-0.4, -0.2) is 41.2 Å². The van der Waals surface area contributed by atoms with Crippen molar-refractivity contribution in [3.05, 3.63) is 34.6 Å². The molecule has 3 nitrogen and oxygen atoms in total. The van der Waals surface area contributed by atoms with Gasteiger partial charge in [0.1, 0.15) is 5.82 Å². The van der Waals surface area contributed by atoms with Gasteiger partial charge in [0.2, 0.25) is 0 Å². The summed E-state index contributed by atoms with van der Waals surface area (Å²) < 4.78 is 13.4. The maximum atomic E-state index is 13.4. The van der Waals surface area contributed by atoms with Gasteiger partial charge in [-0.1, -0.05) is 17.7 Å². The van der Waals surface area contributed by atoms with Gasteiger partial charge in [-0.2, -0.15) is 0 Å². The quantitative estimate of drug-likeness (QED) is 0.877. The third-order valence-corrected chi connectivity index (χ3v) is 4.87. The zero-order valence-corrected chi connectivity index (χ0v) is 13.0. The van der Waals surface area contributed by atoms with Crippen LogP contribution in [0.1, 0.15) is 37.9 Å². The zero-order valence-electron chi connectivity index (χ0n) is 12.2. The molecule has 5 heteroatoms. The van der Waals surface area contributed by atoms with Crippen LogP contribution in [0.15, 0.2) is 18.2 Å². The summed E-state index contributed by atoms with van der Waals surface area (Å²) in [5, 5.41) is 13.7. The van der Waals surface area contributed by atoms with Gasteiger partial charge in [0.05, 0.1) is 11.1 Å². The van der Waals surface area contributed by atoms with Crippen molar-refractivity contribution < 1.29 is 9.50 Å². The lowest BCUT2D eigenvalue weighted by Gasteiger charge is -2.20. The van der Waals surface area contributed by atoms with E-state index >= 15 is 0 Å². The minimum atomic E-state index is -0.706. The van der Waals surface area contributed by atoms with Crippen LogP contribution in [0.2, 0.25) is 5.02 Å². The molecular formula is C16H22ClFN2O. The Morgan fingerprint density at radius 3 is 2.90 bits per heavy atom. The molecule has 0 amide bonds. The normalized spacial score (nSPS) is 28.0. The highest BCUT2D eigenvalue weighted by atomic mass is 35.5. The summed E-state index contributed by atoms with van der Waals surface area (Å²) in [5.41, 5.74) is 0.564. The highest BCUT2D eigenvalue weighted by molar-refractivity contribution is 6.30. The fourth-order valence-electron chi connectivity index (χ4n) is 3.23. The first-order valence-electron chi connectivity index (χ1n) is 7.66. The molecule has 3 unspecified atom stereocenters. The number of aliphatic hydroxyl groups excluding tert-OH is 1. The number of benzene rings is 1. The predicted molar refractivity (Wildman–Crippen MR) is 82.0 cm³/mol. The van der Waals surface area contributed by atoms with E-state index < -0.39 is 11.9 Å². The third-order valence-electron chi connectivity index (χ3n) is 4.57. The van der Waals surface area contributed by atoms with Crippen LogP contribution in [0, 0.1) is 5.82 Å². The van der Waals surface area contributed by atoms with E-state index in [-0.39, 0.29) is 5.02 Å². The minimum absolute atomic E-state index is 0.0867. The van der Waals surface area contributed by atoms with E-state index in [1.54, 1.807) is 6.07 Å². The fraction of sp³-hybridized carbons (Fsp3) is 0.625. The first kappa shape index (κ1) is 15.2. The molecule has 1 aliphatic carbocycles. The lowest BCUT2D eigenvalue weighted by atomic mass is 10.1. The molecule has 0 bridgehead atoms. The molecule has 1 saturated heterocycles. The van der Waals surface area contributed by atoms with E-state index in [0.29, 0.717) is 24.2 Å². The predicted octanol–water partition coefficient (Wildman–Crippen LogP) is 2.73. The molecule has 0 spiro atoms. The first-order chi connectivity index (χ1) is 10.0. The Bertz CT molecular complexity index is 509. The molecule has 0 aromatic heterocycles. The van der Waals surface area contributed by atoms with E-state index in [1.165, 1.54) is 25.0 Å². The van der Waals surface area contributed by atoms with Crippen LogP contribution in [0.5, 0.6) is 0 Å². The van der Waals surface area contributed by atoms with Crippen molar-refractivity contribution in [1.82, 2.24) is 10.2 Å². The van der Waals surface area contributed by atoms with Gasteiger partial charge in [0.15, 0.2) is 0 Å². The molecule has 3 atom stereocenters. The van der Waals surface area contributed by atoms with Crippen LogP contribution in [0.25, 0.3) is 0 Å². The maximum absolute atomic E-state index is 13.4. The molecule has 1 aliphatic heterocycles. The van der Waals surface area contributed by atoms with Crippen molar-refractivity contribution in [2.24, 2.45) is 0 Å². The Morgan fingerprint density at radius 2 is 2.24 bits per heavy atom. The number of nitrogens with zero attached hydrogens (tertiary/aromatic N) is 1. The number of aliphatic hydroxyl groups is 1. The molecule has 2 aliphatic rings. The maximum Gasteiger partial charge on any atom is 0.142 e. The molecule has 3 rings (SSSR count). The van der Waals surface area contributed by atoms with Crippen molar-refractivity contribution >= 4 is 11.6 Å². The topological polar surface area (TPSA) is 35.5 Å². The summed E-state index contributed by atoms with van der Waals surface area (Å²) in [6.07, 6.45) is 3.05. The Hall–Kier alpha value is -0.680. The van der Waals surface area contributed by atoms with E-state index in [4.69, 9.17) is 11.6 Å². The monoisotopic (exact) mass is 312 g/mol. The van der Waals surface area contributed by atoms with Gasteiger partial charge in [-0.05, 0) is 43.9 Å².